The first kappa shape index (κ1) is 26.0. The number of nitrogens with one attached hydrogen (secondary N) is 3. The van der Waals surface area contributed by atoms with Crippen LogP contribution in [-0.2, 0) is 11.8 Å². The van der Waals surface area contributed by atoms with E-state index < -0.39 is 0 Å². The number of amides is 1. The van der Waals surface area contributed by atoms with E-state index in [0.717, 1.165) is 49.9 Å². The molecule has 0 aliphatic heterocycles. The van der Waals surface area contributed by atoms with Gasteiger partial charge in [0.1, 0.15) is 0 Å². The summed E-state index contributed by atoms with van der Waals surface area (Å²) in [5.74, 6) is 0.409. The van der Waals surface area contributed by atoms with E-state index in [1.807, 2.05) is 47.3 Å². The van der Waals surface area contributed by atoms with Crippen LogP contribution in [0.25, 0.3) is 5.69 Å². The Balaban J connectivity index is 1.52. The standard InChI is InChI=1S/C29H35N7O/c1-3-10-26-25(19-34-36(26)24-13-8-5-9-14-24)27(37)32-20-29(22-11-6-4-7-12-22)17-15-23(16-18-29)35-28(31-2)33-21-30/h4-9,11-14,19,23H,3,10,15-18,20H2,1-2H3,(H,32,37)(H2,31,33,35)/t23-,29-. The van der Waals surface area contributed by atoms with Gasteiger partial charge in [-0.05, 0) is 49.8 Å². The van der Waals surface area contributed by atoms with Crippen LogP contribution < -0.4 is 16.0 Å². The number of carbonyl (C=O) groups is 1. The van der Waals surface area contributed by atoms with Crippen molar-refractivity contribution in [3.8, 4) is 11.9 Å². The van der Waals surface area contributed by atoms with E-state index >= 15 is 0 Å². The van der Waals surface area contributed by atoms with E-state index in [9.17, 15) is 4.79 Å². The fourth-order valence-corrected chi connectivity index (χ4v) is 5.25. The number of rotatable bonds is 8. The summed E-state index contributed by atoms with van der Waals surface area (Å²) in [6, 6.07) is 20.6. The van der Waals surface area contributed by atoms with Crippen LogP contribution in [0.3, 0.4) is 0 Å². The molecule has 8 nitrogen and oxygen atoms in total. The number of nitriles is 1. The van der Waals surface area contributed by atoms with Gasteiger partial charge in [-0.2, -0.15) is 10.4 Å². The van der Waals surface area contributed by atoms with E-state index in [1.165, 1.54) is 5.56 Å². The molecule has 1 aromatic heterocycles. The molecule has 1 heterocycles. The number of benzene rings is 2. The molecule has 1 fully saturated rings. The lowest BCUT2D eigenvalue weighted by Crippen LogP contribution is -2.49. The summed E-state index contributed by atoms with van der Waals surface area (Å²) < 4.78 is 1.88. The average molecular weight is 498 g/mol. The highest BCUT2D eigenvalue weighted by Crippen LogP contribution is 2.39. The van der Waals surface area contributed by atoms with E-state index in [1.54, 1.807) is 13.2 Å². The number of hydrogen-bond acceptors (Lipinski definition) is 4. The summed E-state index contributed by atoms with van der Waals surface area (Å²) >= 11 is 0. The van der Waals surface area contributed by atoms with Crippen LogP contribution in [0, 0.1) is 11.5 Å². The Bertz CT molecular complexity index is 1240. The van der Waals surface area contributed by atoms with Crippen molar-refractivity contribution in [2.75, 3.05) is 13.6 Å². The van der Waals surface area contributed by atoms with Gasteiger partial charge in [-0.1, -0.05) is 61.9 Å². The Morgan fingerprint density at radius 1 is 1.14 bits per heavy atom. The number of aliphatic imine (C=N–C) groups is 1. The van der Waals surface area contributed by atoms with Crippen LogP contribution in [0.5, 0.6) is 0 Å². The van der Waals surface area contributed by atoms with Crippen LogP contribution in [0.15, 0.2) is 71.9 Å². The maximum absolute atomic E-state index is 13.5. The van der Waals surface area contributed by atoms with Crippen LogP contribution in [0.1, 0.15) is 60.6 Å². The Labute approximate surface area is 218 Å². The summed E-state index contributed by atoms with van der Waals surface area (Å²) in [7, 11) is 1.75. The number of nitrogens with zero attached hydrogens (tertiary/aromatic N) is 4. The van der Waals surface area contributed by atoms with Crippen molar-refractivity contribution in [1.82, 2.24) is 25.7 Å². The molecule has 1 saturated carbocycles. The number of guanidine groups is 1. The Hall–Kier alpha value is -4.12. The van der Waals surface area contributed by atoms with Gasteiger partial charge in [0.25, 0.3) is 5.91 Å². The minimum absolute atomic E-state index is 0.0835. The third-order valence-corrected chi connectivity index (χ3v) is 7.26. The van der Waals surface area contributed by atoms with Crippen molar-refractivity contribution in [2.45, 2.75) is 56.9 Å². The zero-order chi connectivity index (χ0) is 26.1. The molecule has 0 unspecified atom stereocenters. The smallest absolute Gasteiger partial charge is 0.254 e. The molecule has 1 amide bonds. The minimum atomic E-state index is -0.165. The highest BCUT2D eigenvalue weighted by molar-refractivity contribution is 5.95. The van der Waals surface area contributed by atoms with E-state index in [-0.39, 0.29) is 17.4 Å². The molecule has 3 N–H and O–H groups in total. The van der Waals surface area contributed by atoms with Gasteiger partial charge in [0.15, 0.2) is 0 Å². The van der Waals surface area contributed by atoms with Crippen LogP contribution in [0.2, 0.25) is 0 Å². The Morgan fingerprint density at radius 2 is 1.81 bits per heavy atom. The molecule has 0 bridgehead atoms. The normalized spacial score (nSPS) is 19.6. The second-order valence-corrected chi connectivity index (χ2v) is 9.56. The maximum atomic E-state index is 13.5. The molecule has 8 heteroatoms. The van der Waals surface area contributed by atoms with Crippen molar-refractivity contribution < 1.29 is 4.79 Å². The molecule has 4 rings (SSSR count). The first-order valence-corrected chi connectivity index (χ1v) is 13.0. The molecule has 0 spiro atoms. The highest BCUT2D eigenvalue weighted by atomic mass is 16.1. The lowest BCUT2D eigenvalue weighted by molar-refractivity contribution is 0.0934. The monoisotopic (exact) mass is 497 g/mol. The van der Waals surface area contributed by atoms with Crippen LogP contribution >= 0.6 is 0 Å². The lowest BCUT2D eigenvalue weighted by atomic mass is 9.68. The van der Waals surface area contributed by atoms with Crippen LogP contribution in [-0.4, -0.2) is 41.3 Å². The molecule has 1 aliphatic rings. The molecule has 37 heavy (non-hydrogen) atoms. The van der Waals surface area contributed by atoms with Gasteiger partial charge >= 0.3 is 0 Å². The highest BCUT2D eigenvalue weighted by Gasteiger charge is 2.37. The maximum Gasteiger partial charge on any atom is 0.254 e. The predicted molar refractivity (Wildman–Crippen MR) is 146 cm³/mol. The quantitative estimate of drug-likeness (QED) is 0.247. The van der Waals surface area contributed by atoms with Crippen molar-refractivity contribution in [3.05, 3.63) is 83.7 Å². The van der Waals surface area contributed by atoms with E-state index in [2.05, 4.69) is 57.2 Å². The van der Waals surface area contributed by atoms with Gasteiger partial charge in [0, 0.05) is 25.0 Å². The molecule has 0 radical (unpaired) electrons. The Morgan fingerprint density at radius 3 is 2.43 bits per heavy atom. The van der Waals surface area contributed by atoms with Crippen molar-refractivity contribution in [3.63, 3.8) is 0 Å². The van der Waals surface area contributed by atoms with Gasteiger partial charge in [0.2, 0.25) is 12.2 Å². The fourth-order valence-electron chi connectivity index (χ4n) is 5.25. The average Bonchev–Trinajstić information content (AvgIpc) is 3.37. The van der Waals surface area contributed by atoms with Gasteiger partial charge in [-0.3, -0.25) is 4.79 Å². The third-order valence-electron chi connectivity index (χ3n) is 7.26. The molecule has 3 aromatic rings. The molecular formula is C29H35N7O. The SMILES string of the molecule is CCCc1c(C(=O)NC[C@]2(c3ccccc3)CC[C@H](N/C(=N/C#N)NC)CC2)cnn1-c1ccccc1. The molecule has 2 aromatic carbocycles. The van der Waals surface area contributed by atoms with Crippen molar-refractivity contribution >= 4 is 11.9 Å². The third kappa shape index (κ3) is 6.00. The minimum Gasteiger partial charge on any atom is -0.359 e. The first-order chi connectivity index (χ1) is 18.1. The molecule has 0 atom stereocenters. The molecule has 1 aliphatic carbocycles. The zero-order valence-corrected chi connectivity index (χ0v) is 21.6. The molecule has 0 saturated heterocycles. The lowest BCUT2D eigenvalue weighted by Gasteiger charge is -2.41. The number of para-hydroxylation sites is 1. The fraction of sp³-hybridized carbons (Fsp3) is 0.379. The topological polar surface area (TPSA) is 107 Å². The number of carbonyl (C=O) groups excluding carboxylic acids is 1. The Kier molecular flexibility index (Phi) is 8.57. The van der Waals surface area contributed by atoms with Crippen molar-refractivity contribution in [2.24, 2.45) is 4.99 Å². The van der Waals surface area contributed by atoms with Gasteiger partial charge in [0.05, 0.1) is 23.1 Å². The van der Waals surface area contributed by atoms with Gasteiger partial charge < -0.3 is 16.0 Å². The summed E-state index contributed by atoms with van der Waals surface area (Å²) in [4.78, 5) is 17.3. The molecular weight excluding hydrogens is 462 g/mol. The van der Waals surface area contributed by atoms with Crippen LogP contribution in [0.4, 0.5) is 0 Å². The number of hydrogen-bond donors (Lipinski definition) is 3. The first-order valence-electron chi connectivity index (χ1n) is 13.0. The zero-order valence-electron chi connectivity index (χ0n) is 21.6. The summed E-state index contributed by atoms with van der Waals surface area (Å²) in [6.45, 7) is 2.66. The van der Waals surface area contributed by atoms with E-state index in [4.69, 9.17) is 5.26 Å². The largest absolute Gasteiger partial charge is 0.359 e. The number of aromatic nitrogens is 2. The second-order valence-electron chi connectivity index (χ2n) is 9.56. The van der Waals surface area contributed by atoms with Crippen molar-refractivity contribution in [1.29, 1.82) is 5.26 Å². The molecule has 192 valence electrons. The summed E-state index contributed by atoms with van der Waals surface area (Å²) in [5.41, 5.74) is 3.60. The summed E-state index contributed by atoms with van der Waals surface area (Å²) in [6.07, 6.45) is 8.84. The van der Waals surface area contributed by atoms with Gasteiger partial charge in [-0.25, -0.2) is 4.68 Å². The second kappa shape index (κ2) is 12.2. The predicted octanol–water partition coefficient (Wildman–Crippen LogP) is 4.08. The van der Waals surface area contributed by atoms with E-state index in [0.29, 0.717) is 18.1 Å². The summed E-state index contributed by atoms with van der Waals surface area (Å²) in [5, 5.41) is 23.0. The van der Waals surface area contributed by atoms with Gasteiger partial charge in [-0.15, -0.1) is 4.99 Å².